The molecule has 0 unspecified atom stereocenters. The molecule has 1 aliphatic rings. The second-order valence-corrected chi connectivity index (χ2v) is 8.40. The van der Waals surface area contributed by atoms with Gasteiger partial charge in [-0.2, -0.15) is 0 Å². The molecule has 8 heteroatoms. The van der Waals surface area contributed by atoms with Crippen molar-refractivity contribution in [2.75, 3.05) is 22.1 Å². The molecule has 2 aromatic carbocycles. The Morgan fingerprint density at radius 1 is 1.08 bits per heavy atom. The van der Waals surface area contributed by atoms with Crippen molar-refractivity contribution in [1.29, 1.82) is 0 Å². The van der Waals surface area contributed by atoms with Gasteiger partial charge in [0.15, 0.2) is 0 Å². The summed E-state index contributed by atoms with van der Waals surface area (Å²) in [5.74, 6) is 0.0803. The van der Waals surface area contributed by atoms with Crippen LogP contribution in [0.1, 0.15) is 21.5 Å². The van der Waals surface area contributed by atoms with Crippen molar-refractivity contribution in [2.24, 2.45) is 0 Å². The van der Waals surface area contributed by atoms with Gasteiger partial charge in [0.05, 0.1) is 5.69 Å². The zero-order valence-electron chi connectivity index (χ0n) is 19.7. The van der Waals surface area contributed by atoms with E-state index in [2.05, 4.69) is 32.2 Å². The van der Waals surface area contributed by atoms with E-state index in [1.807, 2.05) is 55.5 Å². The first kappa shape index (κ1) is 22.9. The van der Waals surface area contributed by atoms with Gasteiger partial charge in [0.2, 0.25) is 11.9 Å². The summed E-state index contributed by atoms with van der Waals surface area (Å²) in [6, 6.07) is 16.6. The van der Waals surface area contributed by atoms with Crippen molar-refractivity contribution in [1.82, 2.24) is 15.0 Å². The monoisotopic (exact) mass is 476 g/mol. The van der Waals surface area contributed by atoms with Crippen LogP contribution in [0.4, 0.5) is 23.0 Å². The van der Waals surface area contributed by atoms with E-state index in [-0.39, 0.29) is 11.8 Å². The Labute approximate surface area is 208 Å². The lowest BCUT2D eigenvalue weighted by Crippen LogP contribution is -2.26. The fourth-order valence-electron chi connectivity index (χ4n) is 4.13. The Morgan fingerprint density at radius 2 is 1.97 bits per heavy atom. The number of anilines is 4. The first-order chi connectivity index (χ1) is 17.5. The number of aryl methyl sites for hydroxylation is 1. The predicted octanol–water partition coefficient (Wildman–Crippen LogP) is 4.92. The number of hydrogen-bond donors (Lipinski definition) is 2. The van der Waals surface area contributed by atoms with Gasteiger partial charge in [-0.1, -0.05) is 12.6 Å². The summed E-state index contributed by atoms with van der Waals surface area (Å²) in [6.45, 7) is 6.11. The van der Waals surface area contributed by atoms with Crippen LogP contribution in [0.25, 0.3) is 11.3 Å². The van der Waals surface area contributed by atoms with E-state index in [4.69, 9.17) is 0 Å². The number of aromatic nitrogens is 3. The fraction of sp³-hybridized carbons (Fsp3) is 0.107. The molecule has 0 bridgehead atoms. The van der Waals surface area contributed by atoms with Crippen molar-refractivity contribution >= 4 is 34.8 Å². The number of benzene rings is 2. The zero-order chi connectivity index (χ0) is 25.1. The highest BCUT2D eigenvalue weighted by Crippen LogP contribution is 2.30. The number of amides is 2. The van der Waals surface area contributed by atoms with Crippen LogP contribution in [-0.4, -0.2) is 33.3 Å². The number of rotatable bonds is 6. The summed E-state index contributed by atoms with van der Waals surface area (Å²) in [4.78, 5) is 39.8. The Kier molecular flexibility index (Phi) is 6.23. The molecule has 0 aliphatic carbocycles. The molecule has 0 fully saturated rings. The highest BCUT2D eigenvalue weighted by atomic mass is 16.2. The van der Waals surface area contributed by atoms with Gasteiger partial charge in [0.1, 0.15) is 0 Å². The quantitative estimate of drug-likeness (QED) is 0.383. The Morgan fingerprint density at radius 3 is 2.78 bits per heavy atom. The molecule has 5 rings (SSSR count). The summed E-state index contributed by atoms with van der Waals surface area (Å²) in [7, 11) is 0. The van der Waals surface area contributed by atoms with Crippen LogP contribution in [0, 0.1) is 6.92 Å². The molecule has 4 aromatic rings. The molecule has 8 nitrogen and oxygen atoms in total. The average molecular weight is 477 g/mol. The maximum absolute atomic E-state index is 13.0. The zero-order valence-corrected chi connectivity index (χ0v) is 19.7. The van der Waals surface area contributed by atoms with Gasteiger partial charge in [-0.3, -0.25) is 14.6 Å². The molecule has 2 amide bonds. The number of carbonyl (C=O) groups is 2. The molecular weight excluding hydrogens is 452 g/mol. The smallest absolute Gasteiger partial charge is 0.255 e. The van der Waals surface area contributed by atoms with Crippen LogP contribution in [-0.2, 0) is 11.2 Å². The van der Waals surface area contributed by atoms with Crippen LogP contribution in [0.15, 0.2) is 85.8 Å². The van der Waals surface area contributed by atoms with E-state index in [0.717, 1.165) is 33.8 Å². The summed E-state index contributed by atoms with van der Waals surface area (Å²) < 4.78 is 0. The molecule has 3 heterocycles. The minimum absolute atomic E-state index is 0.138. The lowest BCUT2D eigenvalue weighted by Gasteiger charge is -2.15. The number of nitrogens with zero attached hydrogens (tertiary/aromatic N) is 4. The van der Waals surface area contributed by atoms with Gasteiger partial charge in [-0.15, -0.1) is 0 Å². The molecule has 178 valence electrons. The van der Waals surface area contributed by atoms with E-state index in [1.54, 1.807) is 29.6 Å². The number of fused-ring (bicyclic) bond motifs is 1. The normalized spacial score (nSPS) is 12.1. The standard InChI is InChI=1S/C28H24N6O2/c1-3-26(35)34-14-11-19-15-20(7-9-25(19)34)27(36)31-22-8-6-18(2)24(16-22)33-28-30-13-10-23(32-28)21-5-4-12-29-17-21/h3-10,12-13,15-17H,1,11,14H2,2H3,(H,31,36)(H,30,32,33). The molecule has 36 heavy (non-hydrogen) atoms. The summed E-state index contributed by atoms with van der Waals surface area (Å²) >= 11 is 0. The maximum atomic E-state index is 13.0. The molecule has 0 radical (unpaired) electrons. The number of carbonyl (C=O) groups excluding carboxylic acids is 2. The third kappa shape index (κ3) is 4.69. The van der Waals surface area contributed by atoms with Crippen molar-refractivity contribution < 1.29 is 9.59 Å². The van der Waals surface area contributed by atoms with Gasteiger partial charge in [-0.25, -0.2) is 9.97 Å². The van der Waals surface area contributed by atoms with Crippen molar-refractivity contribution in [2.45, 2.75) is 13.3 Å². The molecule has 0 spiro atoms. The highest BCUT2D eigenvalue weighted by molar-refractivity contribution is 6.06. The van der Waals surface area contributed by atoms with E-state index in [9.17, 15) is 9.59 Å². The highest BCUT2D eigenvalue weighted by Gasteiger charge is 2.24. The van der Waals surface area contributed by atoms with Gasteiger partial charge in [0.25, 0.3) is 5.91 Å². The second-order valence-electron chi connectivity index (χ2n) is 8.40. The number of hydrogen-bond acceptors (Lipinski definition) is 6. The summed E-state index contributed by atoms with van der Waals surface area (Å²) in [5, 5.41) is 6.21. The van der Waals surface area contributed by atoms with Crippen molar-refractivity contribution in [3.63, 3.8) is 0 Å². The maximum Gasteiger partial charge on any atom is 0.255 e. The van der Waals surface area contributed by atoms with E-state index < -0.39 is 0 Å². The Bertz CT molecular complexity index is 1470. The third-order valence-corrected chi connectivity index (χ3v) is 6.03. The van der Waals surface area contributed by atoms with Crippen molar-refractivity contribution in [3.8, 4) is 11.3 Å². The first-order valence-electron chi connectivity index (χ1n) is 11.5. The second kappa shape index (κ2) is 9.79. The van der Waals surface area contributed by atoms with Crippen molar-refractivity contribution in [3.05, 3.63) is 103 Å². The van der Waals surface area contributed by atoms with Crippen LogP contribution in [0.3, 0.4) is 0 Å². The lowest BCUT2D eigenvalue weighted by atomic mass is 10.1. The third-order valence-electron chi connectivity index (χ3n) is 6.03. The van der Waals surface area contributed by atoms with Gasteiger partial charge in [0, 0.05) is 53.3 Å². The summed E-state index contributed by atoms with van der Waals surface area (Å²) in [6.07, 6.45) is 7.16. The molecule has 0 atom stereocenters. The first-order valence-corrected chi connectivity index (χ1v) is 11.5. The molecular formula is C28H24N6O2. The molecule has 1 aliphatic heterocycles. The van der Waals surface area contributed by atoms with Gasteiger partial charge >= 0.3 is 0 Å². The Balaban J connectivity index is 1.33. The van der Waals surface area contributed by atoms with Crippen LogP contribution < -0.4 is 15.5 Å². The summed E-state index contributed by atoms with van der Waals surface area (Å²) in [5.41, 5.74) is 6.38. The largest absolute Gasteiger partial charge is 0.324 e. The minimum atomic E-state index is -0.226. The Hall–Kier alpha value is -4.85. The van der Waals surface area contributed by atoms with Crippen LogP contribution in [0.5, 0.6) is 0 Å². The molecule has 2 N–H and O–H groups in total. The van der Waals surface area contributed by atoms with E-state index in [0.29, 0.717) is 30.2 Å². The topological polar surface area (TPSA) is 100 Å². The lowest BCUT2D eigenvalue weighted by molar-refractivity contribution is -0.114. The molecule has 2 aromatic heterocycles. The van der Waals surface area contributed by atoms with Gasteiger partial charge < -0.3 is 15.5 Å². The number of nitrogens with one attached hydrogen (secondary N) is 2. The predicted molar refractivity (Wildman–Crippen MR) is 140 cm³/mol. The van der Waals surface area contributed by atoms with E-state index >= 15 is 0 Å². The average Bonchev–Trinajstić information content (AvgIpc) is 3.34. The molecule has 0 saturated heterocycles. The molecule has 0 saturated carbocycles. The minimum Gasteiger partial charge on any atom is -0.324 e. The SMILES string of the molecule is C=CC(=O)N1CCc2cc(C(=O)Nc3ccc(C)c(Nc4nccc(-c5cccnc5)n4)c3)ccc21. The fourth-order valence-corrected chi connectivity index (χ4v) is 4.13. The van der Waals surface area contributed by atoms with Crippen LogP contribution in [0.2, 0.25) is 0 Å². The van der Waals surface area contributed by atoms with Crippen LogP contribution >= 0.6 is 0 Å². The van der Waals surface area contributed by atoms with Gasteiger partial charge in [-0.05, 0) is 79.1 Å². The van der Waals surface area contributed by atoms with E-state index in [1.165, 1.54) is 6.08 Å². The number of pyridine rings is 1.